The van der Waals surface area contributed by atoms with Crippen LogP contribution in [0, 0.1) is 5.82 Å². The molecule has 0 aliphatic heterocycles. The maximum atomic E-state index is 14.0. The Morgan fingerprint density at radius 2 is 1.85 bits per heavy atom. The quantitative estimate of drug-likeness (QED) is 0.212. The first-order valence-corrected chi connectivity index (χ1v) is 11.6. The van der Waals surface area contributed by atoms with Crippen LogP contribution in [-0.2, 0) is 19.3 Å². The van der Waals surface area contributed by atoms with E-state index in [1.165, 1.54) is 18.5 Å². The summed E-state index contributed by atoms with van der Waals surface area (Å²) in [4.78, 5) is 14.2. The van der Waals surface area contributed by atoms with Crippen LogP contribution in [0.25, 0.3) is 16.6 Å². The van der Waals surface area contributed by atoms with Crippen molar-refractivity contribution in [2.24, 2.45) is 0 Å². The van der Waals surface area contributed by atoms with Crippen LogP contribution in [0.1, 0.15) is 16.8 Å². The van der Waals surface area contributed by atoms with Crippen LogP contribution < -0.4 is 16.4 Å². The van der Waals surface area contributed by atoms with Gasteiger partial charge in [-0.2, -0.15) is 13.2 Å². The van der Waals surface area contributed by atoms with Crippen LogP contribution in [0.4, 0.5) is 39.5 Å². The van der Waals surface area contributed by atoms with Crippen molar-refractivity contribution in [2.45, 2.75) is 19.3 Å². The average molecular weight is 548 g/mol. The molecule has 6 N–H and O–H groups in total. The van der Waals surface area contributed by atoms with E-state index >= 15 is 0 Å². The second-order valence-electron chi connectivity index (χ2n) is 8.70. The predicted molar refractivity (Wildman–Crippen MR) is 136 cm³/mol. The number of alkyl halides is 3. The minimum atomic E-state index is -4.70. The fourth-order valence-electron chi connectivity index (χ4n) is 4.21. The lowest BCUT2D eigenvalue weighted by Gasteiger charge is -2.16. The standard InChI is InChI=1S/C25H25F4N7O3/c1-35(8-9-37)11-20-17(12-38)21(22-23(30)34-31-13-36(20)22)14-2-5-16(6-3-14)32-24(39)33-19-10-15(25(27,28)29)4-7-18(19)26/h2-7,10,13,37-38H,8-9,11-12H2,1H3,(H2,30,34)(H2,32,33,39). The van der Waals surface area contributed by atoms with Crippen molar-refractivity contribution in [1.82, 2.24) is 19.5 Å². The maximum absolute atomic E-state index is 14.0. The minimum absolute atomic E-state index is 0.0501. The molecule has 14 heteroatoms. The maximum Gasteiger partial charge on any atom is 0.416 e. The summed E-state index contributed by atoms with van der Waals surface area (Å²) in [5, 5.41) is 31.9. The largest absolute Gasteiger partial charge is 0.416 e. The summed E-state index contributed by atoms with van der Waals surface area (Å²) in [5.74, 6) is -0.894. The van der Waals surface area contributed by atoms with Gasteiger partial charge in [-0.25, -0.2) is 9.18 Å². The first kappa shape index (κ1) is 27.8. The van der Waals surface area contributed by atoms with Crippen molar-refractivity contribution in [3.05, 3.63) is 71.4 Å². The molecule has 2 heterocycles. The Morgan fingerprint density at radius 3 is 2.49 bits per heavy atom. The number of aromatic nitrogens is 3. The lowest BCUT2D eigenvalue weighted by Crippen LogP contribution is -2.23. The Bertz CT molecular complexity index is 1490. The summed E-state index contributed by atoms with van der Waals surface area (Å²) in [6.07, 6.45) is -3.22. The fourth-order valence-corrected chi connectivity index (χ4v) is 4.21. The second-order valence-corrected chi connectivity index (χ2v) is 8.70. The van der Waals surface area contributed by atoms with Crippen LogP contribution in [0.5, 0.6) is 0 Å². The molecule has 0 atom stereocenters. The number of benzene rings is 2. The summed E-state index contributed by atoms with van der Waals surface area (Å²) in [7, 11) is 1.81. The molecule has 0 fully saturated rings. The highest BCUT2D eigenvalue weighted by atomic mass is 19.4. The number of rotatable bonds is 8. The molecule has 2 aromatic heterocycles. The van der Waals surface area contributed by atoms with Gasteiger partial charge in [0, 0.05) is 35.6 Å². The number of nitrogen functional groups attached to an aromatic ring is 1. The summed E-state index contributed by atoms with van der Waals surface area (Å²) in [5.41, 5.74) is 7.69. The molecule has 10 nitrogen and oxygen atoms in total. The Hall–Kier alpha value is -4.27. The van der Waals surface area contributed by atoms with E-state index in [0.29, 0.717) is 59.2 Å². The topological polar surface area (TPSA) is 141 Å². The molecule has 0 spiro atoms. The molecule has 206 valence electrons. The lowest BCUT2D eigenvalue weighted by atomic mass is 10.0. The smallest absolute Gasteiger partial charge is 0.395 e. The number of nitrogens with zero attached hydrogens (tertiary/aromatic N) is 4. The fraction of sp³-hybridized carbons (Fsp3) is 0.240. The van der Waals surface area contributed by atoms with E-state index in [4.69, 9.17) is 5.73 Å². The third kappa shape index (κ3) is 5.92. The normalized spacial score (nSPS) is 11.8. The van der Waals surface area contributed by atoms with Crippen LogP contribution >= 0.6 is 0 Å². The number of hydrogen-bond acceptors (Lipinski definition) is 7. The van der Waals surface area contributed by atoms with E-state index in [1.54, 1.807) is 16.5 Å². The number of urea groups is 1. The Kier molecular flexibility index (Phi) is 7.99. The van der Waals surface area contributed by atoms with Crippen molar-refractivity contribution in [3.8, 4) is 11.1 Å². The van der Waals surface area contributed by atoms with Crippen molar-refractivity contribution < 1.29 is 32.6 Å². The van der Waals surface area contributed by atoms with E-state index in [0.717, 1.165) is 0 Å². The van der Waals surface area contributed by atoms with E-state index in [1.807, 2.05) is 11.9 Å². The molecule has 0 saturated heterocycles. The van der Waals surface area contributed by atoms with E-state index < -0.39 is 29.3 Å². The van der Waals surface area contributed by atoms with Crippen LogP contribution in [0.3, 0.4) is 0 Å². The molecule has 0 saturated carbocycles. The molecular weight excluding hydrogens is 522 g/mol. The van der Waals surface area contributed by atoms with Crippen molar-refractivity contribution in [1.29, 1.82) is 0 Å². The Labute approximate surface area is 219 Å². The highest BCUT2D eigenvalue weighted by Gasteiger charge is 2.31. The molecule has 0 aliphatic rings. The van der Waals surface area contributed by atoms with Gasteiger partial charge in [-0.1, -0.05) is 12.1 Å². The van der Waals surface area contributed by atoms with Gasteiger partial charge < -0.3 is 26.6 Å². The third-order valence-electron chi connectivity index (χ3n) is 6.03. The molecule has 2 amide bonds. The number of carbonyl (C=O) groups is 1. The molecule has 4 aromatic rings. The number of carbonyl (C=O) groups excluding carboxylic acids is 1. The van der Waals surface area contributed by atoms with Gasteiger partial charge in [0.05, 0.1) is 30.0 Å². The van der Waals surface area contributed by atoms with Gasteiger partial charge in [0.25, 0.3) is 0 Å². The second kappa shape index (κ2) is 11.2. The monoisotopic (exact) mass is 547 g/mol. The highest BCUT2D eigenvalue weighted by Crippen LogP contribution is 2.37. The van der Waals surface area contributed by atoms with E-state index in [9.17, 15) is 32.6 Å². The Morgan fingerprint density at radius 1 is 1.13 bits per heavy atom. The van der Waals surface area contributed by atoms with Gasteiger partial charge in [-0.05, 0) is 42.9 Å². The molecule has 0 aliphatic carbocycles. The number of likely N-dealkylation sites (N-methyl/N-ethyl adjacent to an activating group) is 1. The first-order chi connectivity index (χ1) is 18.5. The molecular formula is C25H25F4N7O3. The van der Waals surface area contributed by atoms with Crippen molar-refractivity contribution >= 4 is 28.7 Å². The van der Waals surface area contributed by atoms with Gasteiger partial charge in [-0.15, -0.1) is 10.2 Å². The Balaban J connectivity index is 1.61. The summed E-state index contributed by atoms with van der Waals surface area (Å²) in [6, 6.07) is 7.13. The number of hydrogen-bond donors (Lipinski definition) is 5. The predicted octanol–water partition coefficient (Wildman–Crippen LogP) is 3.70. The number of amides is 2. The van der Waals surface area contributed by atoms with Crippen molar-refractivity contribution in [3.63, 3.8) is 0 Å². The number of aliphatic hydroxyl groups excluding tert-OH is 2. The van der Waals surface area contributed by atoms with Crippen LogP contribution in [-0.4, -0.2) is 55.9 Å². The minimum Gasteiger partial charge on any atom is -0.395 e. The van der Waals surface area contributed by atoms with Gasteiger partial charge >= 0.3 is 12.2 Å². The van der Waals surface area contributed by atoms with Crippen LogP contribution in [0.2, 0.25) is 0 Å². The molecule has 0 radical (unpaired) electrons. The van der Waals surface area contributed by atoms with Crippen molar-refractivity contribution in [2.75, 3.05) is 36.6 Å². The number of halogens is 4. The van der Waals surface area contributed by atoms with Crippen LogP contribution in [0.15, 0.2) is 48.8 Å². The average Bonchev–Trinajstić information content (AvgIpc) is 3.19. The highest BCUT2D eigenvalue weighted by molar-refractivity contribution is 6.00. The summed E-state index contributed by atoms with van der Waals surface area (Å²) < 4.78 is 54.5. The summed E-state index contributed by atoms with van der Waals surface area (Å²) >= 11 is 0. The number of anilines is 3. The van der Waals surface area contributed by atoms with Gasteiger partial charge in [0.2, 0.25) is 0 Å². The molecule has 2 aromatic carbocycles. The van der Waals surface area contributed by atoms with Gasteiger partial charge in [0.1, 0.15) is 12.1 Å². The third-order valence-corrected chi connectivity index (χ3v) is 6.03. The number of nitrogens with one attached hydrogen (secondary N) is 2. The molecule has 0 unspecified atom stereocenters. The number of fused-ring (bicyclic) bond motifs is 1. The molecule has 39 heavy (non-hydrogen) atoms. The zero-order valence-corrected chi connectivity index (χ0v) is 20.6. The molecule has 0 bridgehead atoms. The zero-order valence-electron chi connectivity index (χ0n) is 20.6. The zero-order chi connectivity index (χ0) is 28.3. The van der Waals surface area contributed by atoms with Gasteiger partial charge in [-0.3, -0.25) is 9.30 Å². The number of aliphatic hydroxyl groups is 2. The summed E-state index contributed by atoms with van der Waals surface area (Å²) in [6.45, 7) is 0.387. The lowest BCUT2D eigenvalue weighted by molar-refractivity contribution is -0.137. The number of nitrogens with two attached hydrogens (primary N) is 1. The first-order valence-electron chi connectivity index (χ1n) is 11.6. The van der Waals surface area contributed by atoms with E-state index in [2.05, 4.69) is 20.8 Å². The van der Waals surface area contributed by atoms with Gasteiger partial charge in [0.15, 0.2) is 5.82 Å². The molecule has 4 rings (SSSR count). The van der Waals surface area contributed by atoms with E-state index in [-0.39, 0.29) is 24.7 Å². The SMILES string of the molecule is CN(CCO)Cc1c(CO)c(-c2ccc(NC(=O)Nc3cc(C(F)(F)F)ccc3F)cc2)c2c(N)nncn12.